The number of aryl methyl sites for hydroxylation is 1. The van der Waals surface area contributed by atoms with Crippen LogP contribution in [0.25, 0.3) is 0 Å². The normalized spacial score (nSPS) is 24.3. The van der Waals surface area contributed by atoms with Crippen LogP contribution >= 0.6 is 11.3 Å². The van der Waals surface area contributed by atoms with Crippen LogP contribution in [-0.4, -0.2) is 0 Å². The maximum absolute atomic E-state index is 2.32. The molecule has 0 fully saturated rings. The van der Waals surface area contributed by atoms with Crippen LogP contribution in [0, 0.1) is 0 Å². The number of thiophene rings is 1. The third kappa shape index (κ3) is 0.715. The van der Waals surface area contributed by atoms with Crippen molar-refractivity contribution in [1.82, 2.24) is 0 Å². The Bertz CT molecular complexity index is 212. The molecular formula is C8H10S. The molecule has 1 aliphatic carbocycles. The maximum Gasteiger partial charge on any atom is 0.00801 e. The Kier molecular flexibility index (Phi) is 1.12. The van der Waals surface area contributed by atoms with Gasteiger partial charge in [0.15, 0.2) is 0 Å². The van der Waals surface area contributed by atoms with Gasteiger partial charge in [0.2, 0.25) is 0 Å². The van der Waals surface area contributed by atoms with E-state index in [4.69, 9.17) is 0 Å². The van der Waals surface area contributed by atoms with Gasteiger partial charge in [-0.15, -0.1) is 11.3 Å². The van der Waals surface area contributed by atoms with Crippen LogP contribution in [-0.2, 0) is 6.42 Å². The molecule has 0 aliphatic heterocycles. The second-order valence-corrected chi connectivity index (χ2v) is 3.74. The minimum Gasteiger partial charge on any atom is -0.149 e. The fourth-order valence-corrected chi connectivity index (χ4v) is 2.52. The van der Waals surface area contributed by atoms with E-state index >= 15 is 0 Å². The van der Waals surface area contributed by atoms with Gasteiger partial charge in [-0.1, -0.05) is 6.92 Å². The summed E-state index contributed by atoms with van der Waals surface area (Å²) in [6, 6.07) is 2.28. The molecule has 0 saturated heterocycles. The first-order chi connectivity index (χ1) is 4.38. The Morgan fingerprint density at radius 1 is 1.67 bits per heavy atom. The van der Waals surface area contributed by atoms with Crippen molar-refractivity contribution in [3.8, 4) is 0 Å². The van der Waals surface area contributed by atoms with Crippen LogP contribution in [0.15, 0.2) is 11.4 Å². The number of fused-ring (bicyclic) bond motifs is 1. The molecule has 9 heavy (non-hydrogen) atoms. The molecule has 0 N–H and O–H groups in total. The molecule has 0 bridgehead atoms. The van der Waals surface area contributed by atoms with Crippen molar-refractivity contribution in [1.29, 1.82) is 0 Å². The molecule has 0 nitrogen and oxygen atoms in total. The summed E-state index contributed by atoms with van der Waals surface area (Å²) in [5.41, 5.74) is 1.61. The van der Waals surface area contributed by atoms with Crippen LogP contribution in [0.1, 0.15) is 29.7 Å². The smallest absolute Gasteiger partial charge is 0.00801 e. The quantitative estimate of drug-likeness (QED) is 0.517. The minimum absolute atomic E-state index is 0.839. The zero-order valence-corrected chi connectivity index (χ0v) is 6.37. The Labute approximate surface area is 59.5 Å². The Hall–Kier alpha value is -0.300. The second kappa shape index (κ2) is 1.84. The highest BCUT2D eigenvalue weighted by Gasteiger charge is 2.18. The summed E-state index contributed by atoms with van der Waals surface area (Å²) in [7, 11) is 0. The van der Waals surface area contributed by atoms with E-state index in [1.54, 1.807) is 10.4 Å². The van der Waals surface area contributed by atoms with E-state index in [2.05, 4.69) is 18.4 Å². The lowest BCUT2D eigenvalue weighted by Crippen LogP contribution is -1.80. The third-order valence-electron chi connectivity index (χ3n) is 2.12. The van der Waals surface area contributed by atoms with Crippen molar-refractivity contribution in [3.05, 3.63) is 21.9 Å². The van der Waals surface area contributed by atoms with Gasteiger partial charge in [-0.3, -0.25) is 0 Å². The summed E-state index contributed by atoms with van der Waals surface area (Å²) in [5, 5.41) is 2.21. The van der Waals surface area contributed by atoms with Crippen molar-refractivity contribution in [2.24, 2.45) is 0 Å². The molecule has 0 amide bonds. The van der Waals surface area contributed by atoms with Crippen molar-refractivity contribution in [2.45, 2.75) is 25.7 Å². The molecule has 0 saturated carbocycles. The van der Waals surface area contributed by atoms with E-state index in [1.807, 2.05) is 11.3 Å². The molecule has 1 unspecified atom stereocenters. The van der Waals surface area contributed by atoms with Crippen LogP contribution < -0.4 is 0 Å². The summed E-state index contributed by atoms with van der Waals surface area (Å²) < 4.78 is 0. The average molecular weight is 138 g/mol. The van der Waals surface area contributed by atoms with Gasteiger partial charge in [0.05, 0.1) is 0 Å². The molecule has 2 rings (SSSR count). The van der Waals surface area contributed by atoms with Crippen LogP contribution in [0.3, 0.4) is 0 Å². The Balaban J connectivity index is 2.49. The topological polar surface area (TPSA) is 0 Å². The highest BCUT2D eigenvalue weighted by molar-refractivity contribution is 7.10. The average Bonchev–Trinajstić information content (AvgIpc) is 2.35. The van der Waals surface area contributed by atoms with Crippen molar-refractivity contribution in [2.75, 3.05) is 0 Å². The summed E-state index contributed by atoms with van der Waals surface area (Å²) in [6.07, 6.45) is 2.70. The van der Waals surface area contributed by atoms with Gasteiger partial charge < -0.3 is 0 Å². The van der Waals surface area contributed by atoms with Crippen molar-refractivity contribution in [3.63, 3.8) is 0 Å². The highest BCUT2D eigenvalue weighted by atomic mass is 32.1. The number of hydrogen-bond donors (Lipinski definition) is 0. The standard InChI is InChI=1S/C8H10S/c1-6-2-3-8-7(6)4-5-9-8/h4-6H,2-3H2,1H3. The van der Waals surface area contributed by atoms with Gasteiger partial charge in [0.25, 0.3) is 0 Å². The minimum atomic E-state index is 0.839. The molecule has 1 aromatic heterocycles. The summed E-state index contributed by atoms with van der Waals surface area (Å²) in [5.74, 6) is 0.839. The molecule has 0 aromatic carbocycles. The molecule has 0 radical (unpaired) electrons. The number of hydrogen-bond acceptors (Lipinski definition) is 1. The molecular weight excluding hydrogens is 128 g/mol. The van der Waals surface area contributed by atoms with Crippen LogP contribution in [0.5, 0.6) is 0 Å². The third-order valence-corrected chi connectivity index (χ3v) is 3.11. The fraction of sp³-hybridized carbons (Fsp3) is 0.500. The van der Waals surface area contributed by atoms with Gasteiger partial charge in [-0.05, 0) is 35.8 Å². The Morgan fingerprint density at radius 2 is 2.56 bits per heavy atom. The van der Waals surface area contributed by atoms with E-state index in [0.29, 0.717) is 0 Å². The van der Waals surface area contributed by atoms with E-state index < -0.39 is 0 Å². The first-order valence-electron chi connectivity index (χ1n) is 3.44. The van der Waals surface area contributed by atoms with Gasteiger partial charge in [0.1, 0.15) is 0 Å². The molecule has 1 atom stereocenters. The molecule has 1 heterocycles. The predicted octanol–water partition coefficient (Wildman–Crippen LogP) is 2.80. The van der Waals surface area contributed by atoms with Crippen molar-refractivity contribution < 1.29 is 0 Å². The largest absolute Gasteiger partial charge is 0.149 e. The summed E-state index contributed by atoms with van der Waals surface area (Å²) in [6.45, 7) is 2.32. The Morgan fingerprint density at radius 3 is 3.33 bits per heavy atom. The maximum atomic E-state index is 2.32. The second-order valence-electron chi connectivity index (χ2n) is 2.74. The monoisotopic (exact) mass is 138 g/mol. The van der Waals surface area contributed by atoms with Crippen LogP contribution in [0.4, 0.5) is 0 Å². The SMILES string of the molecule is CC1CCc2sccc21. The lowest BCUT2D eigenvalue weighted by molar-refractivity contribution is 0.747. The summed E-state index contributed by atoms with van der Waals surface area (Å²) >= 11 is 1.92. The van der Waals surface area contributed by atoms with Gasteiger partial charge in [-0.25, -0.2) is 0 Å². The van der Waals surface area contributed by atoms with E-state index in [1.165, 1.54) is 12.8 Å². The zero-order valence-electron chi connectivity index (χ0n) is 5.55. The van der Waals surface area contributed by atoms with E-state index in [9.17, 15) is 0 Å². The lowest BCUT2D eigenvalue weighted by Gasteiger charge is -1.96. The van der Waals surface area contributed by atoms with Gasteiger partial charge in [0, 0.05) is 4.88 Å². The molecule has 1 aliphatic rings. The van der Waals surface area contributed by atoms with Gasteiger partial charge in [-0.2, -0.15) is 0 Å². The van der Waals surface area contributed by atoms with Crippen molar-refractivity contribution >= 4 is 11.3 Å². The zero-order chi connectivity index (χ0) is 6.27. The van der Waals surface area contributed by atoms with E-state index in [-0.39, 0.29) is 0 Å². The molecule has 1 aromatic rings. The first-order valence-corrected chi connectivity index (χ1v) is 4.32. The highest BCUT2D eigenvalue weighted by Crippen LogP contribution is 2.35. The van der Waals surface area contributed by atoms with Gasteiger partial charge >= 0.3 is 0 Å². The fourth-order valence-electron chi connectivity index (χ4n) is 1.50. The summed E-state index contributed by atoms with van der Waals surface area (Å²) in [4.78, 5) is 1.63. The molecule has 1 heteroatoms. The predicted molar refractivity (Wildman–Crippen MR) is 41.1 cm³/mol. The molecule has 0 spiro atoms. The van der Waals surface area contributed by atoms with Crippen LogP contribution in [0.2, 0.25) is 0 Å². The number of rotatable bonds is 0. The first kappa shape index (κ1) is 5.48. The molecule has 48 valence electrons. The van der Waals surface area contributed by atoms with E-state index in [0.717, 1.165) is 5.92 Å². The lowest BCUT2D eigenvalue weighted by atomic mass is 10.1.